The number of rotatable bonds is 7. The minimum atomic E-state index is -0.729. The summed E-state index contributed by atoms with van der Waals surface area (Å²) in [5.74, 6) is 0.112. The van der Waals surface area contributed by atoms with E-state index in [4.69, 9.17) is 32.7 Å². The summed E-state index contributed by atoms with van der Waals surface area (Å²) in [5.41, 5.74) is 0. The van der Waals surface area contributed by atoms with Gasteiger partial charge in [-0.25, -0.2) is 0 Å². The Kier molecular flexibility index (Phi) is 7.09. The van der Waals surface area contributed by atoms with Gasteiger partial charge in [0.25, 0.3) is 5.91 Å². The second kappa shape index (κ2) is 8.32. The molecule has 1 unspecified atom stereocenters. The molecule has 1 atom stereocenters. The van der Waals surface area contributed by atoms with Gasteiger partial charge in [0, 0.05) is 25.7 Å². The molecular formula is C13H17Cl2NO4. The molecule has 0 spiro atoms. The van der Waals surface area contributed by atoms with Gasteiger partial charge in [0.05, 0.1) is 17.7 Å². The van der Waals surface area contributed by atoms with E-state index in [2.05, 4.69) is 0 Å². The standard InChI is InChI=1S/C13H17Cl2NO4/c1-16(6-10(17)7-19-2)13(18)8-20-12-4-3-9(14)5-11(12)15/h3-5,10,17H,6-8H2,1-2H3. The van der Waals surface area contributed by atoms with E-state index in [-0.39, 0.29) is 25.7 Å². The largest absolute Gasteiger partial charge is 0.482 e. The van der Waals surface area contributed by atoms with Crippen LogP contribution >= 0.6 is 23.2 Å². The van der Waals surface area contributed by atoms with Gasteiger partial charge < -0.3 is 19.5 Å². The van der Waals surface area contributed by atoms with Crippen LogP contribution in [0.25, 0.3) is 0 Å². The molecule has 0 saturated heterocycles. The number of aliphatic hydroxyl groups is 1. The Labute approximate surface area is 128 Å². The van der Waals surface area contributed by atoms with Gasteiger partial charge in [0.2, 0.25) is 0 Å². The molecule has 0 saturated carbocycles. The van der Waals surface area contributed by atoms with E-state index in [0.29, 0.717) is 15.8 Å². The number of hydrogen-bond acceptors (Lipinski definition) is 4. The van der Waals surface area contributed by atoms with Crippen LogP contribution in [-0.4, -0.2) is 55.9 Å². The van der Waals surface area contributed by atoms with Gasteiger partial charge in [-0.3, -0.25) is 4.79 Å². The highest BCUT2D eigenvalue weighted by Crippen LogP contribution is 2.27. The lowest BCUT2D eigenvalue weighted by molar-refractivity contribution is -0.133. The van der Waals surface area contributed by atoms with E-state index in [9.17, 15) is 9.90 Å². The van der Waals surface area contributed by atoms with Crippen LogP contribution in [0.1, 0.15) is 0 Å². The van der Waals surface area contributed by atoms with Crippen LogP contribution in [0.15, 0.2) is 18.2 Å². The summed E-state index contributed by atoms with van der Waals surface area (Å²) >= 11 is 11.7. The Balaban J connectivity index is 2.46. The number of ether oxygens (including phenoxy) is 2. The summed E-state index contributed by atoms with van der Waals surface area (Å²) in [6, 6.07) is 4.76. The predicted octanol–water partition coefficient (Wildman–Crippen LogP) is 1.84. The Morgan fingerprint density at radius 2 is 2.15 bits per heavy atom. The van der Waals surface area contributed by atoms with E-state index < -0.39 is 6.10 Å². The first kappa shape index (κ1) is 17.0. The van der Waals surface area contributed by atoms with Crippen LogP contribution in [-0.2, 0) is 9.53 Å². The van der Waals surface area contributed by atoms with Crippen LogP contribution < -0.4 is 4.74 Å². The minimum Gasteiger partial charge on any atom is -0.482 e. The molecule has 0 fully saturated rings. The first-order valence-electron chi connectivity index (χ1n) is 5.93. The highest BCUT2D eigenvalue weighted by molar-refractivity contribution is 6.35. The number of carbonyl (C=O) groups is 1. The Bertz CT molecular complexity index is 456. The SMILES string of the molecule is COCC(O)CN(C)C(=O)COc1ccc(Cl)cc1Cl. The number of methoxy groups -OCH3 is 1. The summed E-state index contributed by atoms with van der Waals surface area (Å²) in [5, 5.41) is 10.4. The highest BCUT2D eigenvalue weighted by atomic mass is 35.5. The molecule has 0 aromatic heterocycles. The molecule has 112 valence electrons. The van der Waals surface area contributed by atoms with Crippen molar-refractivity contribution in [2.45, 2.75) is 6.10 Å². The Morgan fingerprint density at radius 1 is 1.45 bits per heavy atom. The summed E-state index contributed by atoms with van der Waals surface area (Å²) in [6.07, 6.45) is -0.729. The van der Waals surface area contributed by atoms with E-state index in [1.165, 1.54) is 18.1 Å². The molecule has 20 heavy (non-hydrogen) atoms. The number of carbonyl (C=O) groups excluding carboxylic acids is 1. The molecule has 0 radical (unpaired) electrons. The minimum absolute atomic E-state index is 0.168. The second-order valence-corrected chi connectivity index (χ2v) is 5.09. The first-order chi connectivity index (χ1) is 9.43. The molecule has 1 aromatic carbocycles. The van der Waals surface area contributed by atoms with Gasteiger partial charge in [-0.2, -0.15) is 0 Å². The summed E-state index contributed by atoms with van der Waals surface area (Å²) in [7, 11) is 3.06. The Hall–Kier alpha value is -1.01. The van der Waals surface area contributed by atoms with Crippen LogP contribution in [0.3, 0.4) is 0 Å². The number of benzene rings is 1. The molecule has 0 aliphatic carbocycles. The van der Waals surface area contributed by atoms with Gasteiger partial charge in [-0.1, -0.05) is 23.2 Å². The van der Waals surface area contributed by atoms with Crippen LogP contribution in [0.2, 0.25) is 10.0 Å². The monoisotopic (exact) mass is 321 g/mol. The smallest absolute Gasteiger partial charge is 0.260 e. The van der Waals surface area contributed by atoms with Crippen LogP contribution in [0, 0.1) is 0 Å². The van der Waals surface area contributed by atoms with Crippen molar-refractivity contribution in [3.05, 3.63) is 28.2 Å². The quantitative estimate of drug-likeness (QED) is 0.832. The molecule has 1 amide bonds. The van der Waals surface area contributed by atoms with E-state index in [1.54, 1.807) is 19.2 Å². The van der Waals surface area contributed by atoms with Crippen molar-refractivity contribution in [2.75, 3.05) is 33.9 Å². The second-order valence-electron chi connectivity index (χ2n) is 4.25. The molecule has 0 aliphatic rings. The highest BCUT2D eigenvalue weighted by Gasteiger charge is 2.14. The average molecular weight is 322 g/mol. The number of aliphatic hydroxyl groups excluding tert-OH is 1. The lowest BCUT2D eigenvalue weighted by Crippen LogP contribution is -2.38. The van der Waals surface area contributed by atoms with Crippen molar-refractivity contribution in [3.8, 4) is 5.75 Å². The number of hydrogen-bond donors (Lipinski definition) is 1. The Morgan fingerprint density at radius 3 is 2.75 bits per heavy atom. The molecular weight excluding hydrogens is 305 g/mol. The van der Waals surface area contributed by atoms with Gasteiger partial charge >= 0.3 is 0 Å². The average Bonchev–Trinajstić information content (AvgIpc) is 2.37. The maximum absolute atomic E-state index is 11.8. The van der Waals surface area contributed by atoms with Gasteiger partial charge in [0.1, 0.15) is 5.75 Å². The number of likely N-dealkylation sites (N-methyl/N-ethyl adjacent to an activating group) is 1. The fraction of sp³-hybridized carbons (Fsp3) is 0.462. The van der Waals surface area contributed by atoms with Crippen molar-refractivity contribution in [1.29, 1.82) is 0 Å². The fourth-order valence-corrected chi connectivity index (χ4v) is 1.97. The molecule has 1 N–H and O–H groups in total. The normalized spacial score (nSPS) is 12.1. The van der Waals surface area contributed by atoms with Crippen molar-refractivity contribution in [1.82, 2.24) is 4.90 Å². The van der Waals surface area contributed by atoms with Gasteiger partial charge in [0.15, 0.2) is 6.61 Å². The fourth-order valence-electron chi connectivity index (χ4n) is 1.50. The molecule has 0 heterocycles. The third-order valence-electron chi connectivity index (χ3n) is 2.51. The summed E-state index contributed by atoms with van der Waals surface area (Å²) in [6.45, 7) is 0.170. The molecule has 7 heteroatoms. The molecule has 1 rings (SSSR count). The van der Waals surface area contributed by atoms with Crippen LogP contribution in [0.5, 0.6) is 5.75 Å². The topological polar surface area (TPSA) is 59.0 Å². The predicted molar refractivity (Wildman–Crippen MR) is 77.5 cm³/mol. The zero-order valence-corrected chi connectivity index (χ0v) is 12.8. The van der Waals surface area contributed by atoms with Gasteiger partial charge in [-0.15, -0.1) is 0 Å². The molecule has 5 nitrogen and oxygen atoms in total. The lowest BCUT2D eigenvalue weighted by Gasteiger charge is -2.20. The van der Waals surface area contributed by atoms with Gasteiger partial charge in [-0.05, 0) is 18.2 Å². The van der Waals surface area contributed by atoms with Crippen LogP contribution in [0.4, 0.5) is 0 Å². The molecule has 0 aliphatic heterocycles. The maximum Gasteiger partial charge on any atom is 0.260 e. The van der Waals surface area contributed by atoms with E-state index >= 15 is 0 Å². The molecule has 0 bridgehead atoms. The number of amides is 1. The van der Waals surface area contributed by atoms with Crippen molar-refractivity contribution in [2.24, 2.45) is 0 Å². The third kappa shape index (κ3) is 5.54. The van der Waals surface area contributed by atoms with Crippen molar-refractivity contribution < 1.29 is 19.4 Å². The summed E-state index contributed by atoms with van der Waals surface area (Å²) in [4.78, 5) is 13.2. The van der Waals surface area contributed by atoms with Crippen molar-refractivity contribution in [3.63, 3.8) is 0 Å². The zero-order valence-electron chi connectivity index (χ0n) is 11.3. The third-order valence-corrected chi connectivity index (χ3v) is 3.04. The zero-order chi connectivity index (χ0) is 15.1. The number of nitrogens with zero attached hydrogens (tertiary/aromatic N) is 1. The first-order valence-corrected chi connectivity index (χ1v) is 6.68. The lowest BCUT2D eigenvalue weighted by atomic mass is 10.3. The van der Waals surface area contributed by atoms with Crippen molar-refractivity contribution >= 4 is 29.1 Å². The van der Waals surface area contributed by atoms with E-state index in [0.717, 1.165) is 0 Å². The molecule has 1 aromatic rings. The summed E-state index contributed by atoms with van der Waals surface area (Å²) < 4.78 is 10.1. The maximum atomic E-state index is 11.8. The van der Waals surface area contributed by atoms with E-state index in [1.807, 2.05) is 0 Å². The number of halogens is 2.